The van der Waals surface area contributed by atoms with Crippen molar-refractivity contribution < 1.29 is 0 Å². The first-order chi connectivity index (χ1) is 30.1. The smallest absolute Gasteiger partial charge is 0.0546 e. The van der Waals surface area contributed by atoms with Crippen molar-refractivity contribution in [1.29, 1.82) is 0 Å². The van der Waals surface area contributed by atoms with E-state index in [1.165, 1.54) is 93.5 Å². The highest BCUT2D eigenvalue weighted by molar-refractivity contribution is 6.11. The number of nitrogens with zero attached hydrogens (tertiary/aromatic N) is 1. The Hall–Kier alpha value is -7.22. The number of hydrogen-bond donors (Lipinski definition) is 0. The maximum Gasteiger partial charge on any atom is 0.0546 e. The summed E-state index contributed by atoms with van der Waals surface area (Å²) in [4.78, 5) is 2.49. The lowest BCUT2D eigenvalue weighted by atomic mass is 9.82. The van der Waals surface area contributed by atoms with Crippen molar-refractivity contribution in [2.24, 2.45) is 0 Å². The molecular formula is C61H49N. The Labute approximate surface area is 365 Å². The number of rotatable bonds is 6. The van der Waals surface area contributed by atoms with E-state index in [9.17, 15) is 0 Å². The molecule has 0 heterocycles. The van der Waals surface area contributed by atoms with Crippen LogP contribution in [0.5, 0.6) is 0 Å². The van der Waals surface area contributed by atoms with Crippen LogP contribution in [0.1, 0.15) is 51.3 Å². The zero-order valence-corrected chi connectivity index (χ0v) is 36.1. The second-order valence-electron chi connectivity index (χ2n) is 18.6. The Morgan fingerprint density at radius 3 is 1.52 bits per heavy atom. The van der Waals surface area contributed by atoms with Crippen molar-refractivity contribution in [1.82, 2.24) is 0 Å². The van der Waals surface area contributed by atoms with Crippen LogP contribution < -0.4 is 4.90 Å². The minimum absolute atomic E-state index is 0.123. The minimum Gasteiger partial charge on any atom is -0.310 e. The molecule has 0 fully saturated rings. The van der Waals surface area contributed by atoms with Gasteiger partial charge in [0.15, 0.2) is 0 Å². The highest BCUT2D eigenvalue weighted by atomic mass is 15.1. The topological polar surface area (TPSA) is 3.24 Å². The van der Waals surface area contributed by atoms with Crippen LogP contribution in [0.15, 0.2) is 206 Å². The lowest BCUT2D eigenvalue weighted by Crippen LogP contribution is -2.15. The average Bonchev–Trinajstić information content (AvgIpc) is 3.52. The Kier molecular flexibility index (Phi) is 8.81. The lowest BCUT2D eigenvalue weighted by Gasteiger charge is -2.30. The number of hydrogen-bond acceptors (Lipinski definition) is 1. The standard InChI is InChI=1S/C61H49N/c1-60(2,3)48-30-25-42(26-31-48)40-21-23-41(24-22-40)43-27-32-49(33-28-43)62(50-34-35-56-55(39-50)54-37-46-15-6-7-16-47(46)38-57(54)61(56,4)5)58-36-29-45-14-9-11-19-52(45)59(58)53-20-12-17-44-13-8-10-18-51(44)53/h6-39H,1-5H3. The number of benzene rings is 10. The molecule has 0 saturated heterocycles. The van der Waals surface area contributed by atoms with Crippen LogP contribution in [-0.4, -0.2) is 0 Å². The summed E-state index contributed by atoms with van der Waals surface area (Å²) in [5.41, 5.74) is 17.4. The van der Waals surface area contributed by atoms with E-state index in [0.29, 0.717) is 0 Å². The average molecular weight is 796 g/mol. The molecule has 10 aromatic rings. The molecule has 10 aromatic carbocycles. The first-order valence-electron chi connectivity index (χ1n) is 21.9. The molecular weight excluding hydrogens is 747 g/mol. The molecule has 0 unspecified atom stereocenters. The van der Waals surface area contributed by atoms with Gasteiger partial charge in [-0.15, -0.1) is 0 Å². The molecule has 1 heteroatoms. The van der Waals surface area contributed by atoms with E-state index in [-0.39, 0.29) is 10.8 Å². The summed E-state index contributed by atoms with van der Waals surface area (Å²) in [6, 6.07) is 76.9. The summed E-state index contributed by atoms with van der Waals surface area (Å²) in [6.07, 6.45) is 0. The summed E-state index contributed by atoms with van der Waals surface area (Å²) in [5.74, 6) is 0. The van der Waals surface area contributed by atoms with Gasteiger partial charge in [0.25, 0.3) is 0 Å². The second-order valence-corrected chi connectivity index (χ2v) is 18.6. The van der Waals surface area contributed by atoms with Gasteiger partial charge in [0.1, 0.15) is 0 Å². The molecule has 0 amide bonds. The van der Waals surface area contributed by atoms with Crippen molar-refractivity contribution in [3.05, 3.63) is 223 Å². The largest absolute Gasteiger partial charge is 0.310 e. The normalized spacial score (nSPS) is 13.0. The predicted molar refractivity (Wildman–Crippen MR) is 266 cm³/mol. The quantitative estimate of drug-likeness (QED) is 0.162. The molecule has 1 aliphatic rings. The third kappa shape index (κ3) is 6.31. The summed E-state index contributed by atoms with van der Waals surface area (Å²) in [7, 11) is 0. The van der Waals surface area contributed by atoms with Crippen LogP contribution in [0.2, 0.25) is 0 Å². The summed E-state index contributed by atoms with van der Waals surface area (Å²) >= 11 is 0. The van der Waals surface area contributed by atoms with Crippen molar-refractivity contribution in [3.8, 4) is 44.5 Å². The zero-order valence-electron chi connectivity index (χ0n) is 36.1. The Morgan fingerprint density at radius 1 is 0.371 bits per heavy atom. The molecule has 11 rings (SSSR count). The number of anilines is 3. The Bertz CT molecular complexity index is 3320. The van der Waals surface area contributed by atoms with Crippen LogP contribution in [0, 0.1) is 0 Å². The van der Waals surface area contributed by atoms with Gasteiger partial charge >= 0.3 is 0 Å². The molecule has 0 radical (unpaired) electrons. The van der Waals surface area contributed by atoms with E-state index >= 15 is 0 Å². The minimum atomic E-state index is -0.123. The maximum absolute atomic E-state index is 2.49. The van der Waals surface area contributed by atoms with Gasteiger partial charge in [-0.1, -0.05) is 198 Å². The zero-order chi connectivity index (χ0) is 42.2. The van der Waals surface area contributed by atoms with Crippen molar-refractivity contribution in [2.75, 3.05) is 4.90 Å². The second kappa shape index (κ2) is 14.5. The summed E-state index contributed by atoms with van der Waals surface area (Å²) in [6.45, 7) is 11.5. The number of fused-ring (bicyclic) bond motifs is 6. The van der Waals surface area contributed by atoms with Crippen molar-refractivity contribution >= 4 is 49.4 Å². The molecule has 0 saturated carbocycles. The fourth-order valence-corrected chi connectivity index (χ4v) is 9.99. The first kappa shape index (κ1) is 37.8. The molecule has 0 aliphatic heterocycles. The van der Waals surface area contributed by atoms with Crippen LogP contribution >= 0.6 is 0 Å². The van der Waals surface area contributed by atoms with Crippen LogP contribution in [0.25, 0.3) is 76.8 Å². The third-order valence-corrected chi connectivity index (χ3v) is 13.4. The van der Waals surface area contributed by atoms with E-state index in [1.807, 2.05) is 0 Å². The fourth-order valence-electron chi connectivity index (χ4n) is 9.99. The van der Waals surface area contributed by atoms with Gasteiger partial charge in [-0.05, 0) is 136 Å². The molecule has 1 aliphatic carbocycles. The van der Waals surface area contributed by atoms with E-state index in [4.69, 9.17) is 0 Å². The monoisotopic (exact) mass is 795 g/mol. The molecule has 0 spiro atoms. The van der Waals surface area contributed by atoms with E-state index in [0.717, 1.165) is 17.1 Å². The van der Waals surface area contributed by atoms with Gasteiger partial charge in [-0.3, -0.25) is 0 Å². The third-order valence-electron chi connectivity index (χ3n) is 13.4. The SMILES string of the molecule is CC(C)(C)c1ccc(-c2ccc(-c3ccc(N(c4ccc5c(c4)-c4cc6ccccc6cc4C5(C)C)c4ccc5ccccc5c4-c4cccc5ccccc45)cc3)cc2)cc1. The Morgan fingerprint density at radius 2 is 0.871 bits per heavy atom. The Balaban J connectivity index is 1.08. The van der Waals surface area contributed by atoms with Gasteiger partial charge in [0.2, 0.25) is 0 Å². The van der Waals surface area contributed by atoms with Gasteiger partial charge in [-0.2, -0.15) is 0 Å². The highest BCUT2D eigenvalue weighted by Crippen LogP contribution is 2.53. The first-order valence-corrected chi connectivity index (χ1v) is 21.9. The maximum atomic E-state index is 2.49. The molecule has 298 valence electrons. The van der Waals surface area contributed by atoms with E-state index < -0.39 is 0 Å². The fraction of sp³-hybridized carbons (Fsp3) is 0.115. The predicted octanol–water partition coefficient (Wildman–Crippen LogP) is 17.2. The van der Waals surface area contributed by atoms with Gasteiger partial charge in [0.05, 0.1) is 5.69 Å². The van der Waals surface area contributed by atoms with Crippen LogP contribution in [-0.2, 0) is 10.8 Å². The van der Waals surface area contributed by atoms with Gasteiger partial charge < -0.3 is 4.90 Å². The molecule has 0 atom stereocenters. The molecule has 1 nitrogen and oxygen atoms in total. The van der Waals surface area contributed by atoms with Crippen molar-refractivity contribution in [3.63, 3.8) is 0 Å². The van der Waals surface area contributed by atoms with Crippen molar-refractivity contribution in [2.45, 2.75) is 45.4 Å². The van der Waals surface area contributed by atoms with Gasteiger partial charge in [0, 0.05) is 22.4 Å². The summed E-state index contributed by atoms with van der Waals surface area (Å²) in [5, 5.41) is 7.49. The van der Waals surface area contributed by atoms with Crippen LogP contribution in [0.4, 0.5) is 17.1 Å². The molecule has 0 bridgehead atoms. The van der Waals surface area contributed by atoms with Gasteiger partial charge in [-0.25, -0.2) is 0 Å². The summed E-state index contributed by atoms with van der Waals surface area (Å²) < 4.78 is 0. The lowest BCUT2D eigenvalue weighted by molar-refractivity contribution is 0.590. The molecule has 0 N–H and O–H groups in total. The van der Waals surface area contributed by atoms with Crippen LogP contribution in [0.3, 0.4) is 0 Å². The van der Waals surface area contributed by atoms with E-state index in [2.05, 4.69) is 246 Å². The molecule has 62 heavy (non-hydrogen) atoms. The molecule has 0 aromatic heterocycles. The highest BCUT2D eigenvalue weighted by Gasteiger charge is 2.36. The van der Waals surface area contributed by atoms with E-state index in [1.54, 1.807) is 0 Å².